The van der Waals surface area contributed by atoms with E-state index in [1.165, 1.54) is 36.8 Å². The molecule has 1 saturated carbocycles. The van der Waals surface area contributed by atoms with Crippen LogP contribution in [-0.2, 0) is 0 Å². The van der Waals surface area contributed by atoms with Crippen LogP contribution in [0.25, 0.3) is 0 Å². The Bertz CT molecular complexity index is 335. The van der Waals surface area contributed by atoms with E-state index in [-0.39, 0.29) is 0 Å². The van der Waals surface area contributed by atoms with Crippen LogP contribution in [0, 0.1) is 13.8 Å². The SMILES string of the molecule is Cc1cccc(C2CCC(N)CC2)c1C. The highest BCUT2D eigenvalue weighted by Gasteiger charge is 2.21. The lowest BCUT2D eigenvalue weighted by molar-refractivity contribution is 0.394. The molecule has 1 aromatic rings. The first-order valence-electron chi connectivity index (χ1n) is 6.00. The van der Waals surface area contributed by atoms with Crippen LogP contribution in [0.3, 0.4) is 0 Å². The first-order chi connectivity index (χ1) is 7.18. The average Bonchev–Trinajstić information content (AvgIpc) is 2.24. The summed E-state index contributed by atoms with van der Waals surface area (Å²) < 4.78 is 0. The molecule has 0 unspecified atom stereocenters. The highest BCUT2D eigenvalue weighted by atomic mass is 14.6. The van der Waals surface area contributed by atoms with Gasteiger partial charge in [-0.15, -0.1) is 0 Å². The molecule has 0 radical (unpaired) electrons. The van der Waals surface area contributed by atoms with E-state index in [1.54, 1.807) is 5.56 Å². The van der Waals surface area contributed by atoms with Gasteiger partial charge in [0.1, 0.15) is 0 Å². The summed E-state index contributed by atoms with van der Waals surface area (Å²) in [6.45, 7) is 4.45. The molecule has 1 aliphatic carbocycles. The number of hydrogen-bond donors (Lipinski definition) is 1. The van der Waals surface area contributed by atoms with Gasteiger partial charge in [-0.3, -0.25) is 0 Å². The number of hydrogen-bond acceptors (Lipinski definition) is 1. The van der Waals surface area contributed by atoms with Gasteiger partial charge in [0.2, 0.25) is 0 Å². The molecule has 0 heterocycles. The number of aryl methyl sites for hydroxylation is 1. The van der Waals surface area contributed by atoms with Gasteiger partial charge in [0.15, 0.2) is 0 Å². The van der Waals surface area contributed by atoms with Gasteiger partial charge >= 0.3 is 0 Å². The minimum atomic E-state index is 0.450. The van der Waals surface area contributed by atoms with Gasteiger partial charge in [0.25, 0.3) is 0 Å². The Kier molecular flexibility index (Phi) is 3.11. The Hall–Kier alpha value is -0.820. The van der Waals surface area contributed by atoms with Gasteiger partial charge < -0.3 is 5.73 Å². The molecule has 82 valence electrons. The van der Waals surface area contributed by atoms with Crippen molar-refractivity contribution in [3.63, 3.8) is 0 Å². The maximum atomic E-state index is 5.94. The zero-order chi connectivity index (χ0) is 10.8. The standard InChI is InChI=1S/C14H21N/c1-10-4-3-5-14(11(10)2)12-6-8-13(15)9-7-12/h3-5,12-13H,6-9,15H2,1-2H3. The van der Waals surface area contributed by atoms with Crippen molar-refractivity contribution in [3.05, 3.63) is 34.9 Å². The van der Waals surface area contributed by atoms with Gasteiger partial charge in [-0.25, -0.2) is 0 Å². The molecular weight excluding hydrogens is 182 g/mol. The highest BCUT2D eigenvalue weighted by molar-refractivity contribution is 5.35. The van der Waals surface area contributed by atoms with E-state index in [9.17, 15) is 0 Å². The Labute approximate surface area is 92.7 Å². The third-order valence-electron chi connectivity index (χ3n) is 3.86. The van der Waals surface area contributed by atoms with Crippen LogP contribution < -0.4 is 5.73 Å². The maximum Gasteiger partial charge on any atom is 0.00392 e. The molecule has 0 spiro atoms. The quantitative estimate of drug-likeness (QED) is 0.744. The van der Waals surface area contributed by atoms with Crippen LogP contribution in [0.5, 0.6) is 0 Å². The summed E-state index contributed by atoms with van der Waals surface area (Å²) in [7, 11) is 0. The van der Waals surface area contributed by atoms with Gasteiger partial charge in [-0.2, -0.15) is 0 Å². The van der Waals surface area contributed by atoms with Crippen molar-refractivity contribution in [1.82, 2.24) is 0 Å². The minimum absolute atomic E-state index is 0.450. The number of nitrogens with two attached hydrogens (primary N) is 1. The van der Waals surface area contributed by atoms with Gasteiger partial charge in [-0.05, 0) is 62.1 Å². The van der Waals surface area contributed by atoms with Gasteiger partial charge in [0, 0.05) is 6.04 Å². The zero-order valence-electron chi connectivity index (χ0n) is 9.79. The maximum absolute atomic E-state index is 5.94. The molecule has 0 atom stereocenters. The summed E-state index contributed by atoms with van der Waals surface area (Å²) in [4.78, 5) is 0. The number of benzene rings is 1. The molecule has 1 aromatic carbocycles. The Morgan fingerprint density at radius 3 is 2.40 bits per heavy atom. The summed E-state index contributed by atoms with van der Waals surface area (Å²) in [5.41, 5.74) is 10.4. The van der Waals surface area contributed by atoms with Crippen LogP contribution in [-0.4, -0.2) is 6.04 Å². The average molecular weight is 203 g/mol. The first kappa shape index (κ1) is 10.7. The van der Waals surface area contributed by atoms with Gasteiger partial charge in [-0.1, -0.05) is 18.2 Å². The zero-order valence-corrected chi connectivity index (χ0v) is 9.79. The second-order valence-corrected chi connectivity index (χ2v) is 4.90. The van der Waals surface area contributed by atoms with Crippen LogP contribution in [0.4, 0.5) is 0 Å². The van der Waals surface area contributed by atoms with Crippen LogP contribution >= 0.6 is 0 Å². The van der Waals surface area contributed by atoms with E-state index in [4.69, 9.17) is 5.73 Å². The lowest BCUT2D eigenvalue weighted by atomic mass is 9.80. The Balaban J connectivity index is 2.19. The number of rotatable bonds is 1. The molecule has 0 saturated heterocycles. The molecule has 2 rings (SSSR count). The smallest absolute Gasteiger partial charge is 0.00392 e. The third-order valence-corrected chi connectivity index (χ3v) is 3.86. The van der Waals surface area contributed by atoms with Crippen molar-refractivity contribution in [2.75, 3.05) is 0 Å². The molecule has 1 fully saturated rings. The molecule has 15 heavy (non-hydrogen) atoms. The van der Waals surface area contributed by atoms with E-state index < -0.39 is 0 Å². The lowest BCUT2D eigenvalue weighted by Crippen LogP contribution is -2.26. The van der Waals surface area contributed by atoms with Crippen molar-refractivity contribution >= 4 is 0 Å². The largest absolute Gasteiger partial charge is 0.328 e. The summed E-state index contributed by atoms with van der Waals surface area (Å²) in [6, 6.07) is 7.13. The summed E-state index contributed by atoms with van der Waals surface area (Å²) >= 11 is 0. The van der Waals surface area contributed by atoms with Crippen molar-refractivity contribution < 1.29 is 0 Å². The second kappa shape index (κ2) is 4.36. The van der Waals surface area contributed by atoms with Crippen LogP contribution in [0.2, 0.25) is 0 Å². The van der Waals surface area contributed by atoms with E-state index in [0.717, 1.165) is 5.92 Å². The topological polar surface area (TPSA) is 26.0 Å². The van der Waals surface area contributed by atoms with Crippen LogP contribution in [0.15, 0.2) is 18.2 Å². The molecular formula is C14H21N. The fraction of sp³-hybridized carbons (Fsp3) is 0.571. The predicted molar refractivity (Wildman–Crippen MR) is 65.1 cm³/mol. The molecule has 1 aliphatic rings. The third kappa shape index (κ3) is 2.23. The van der Waals surface area contributed by atoms with E-state index in [0.29, 0.717) is 6.04 Å². The van der Waals surface area contributed by atoms with Crippen molar-refractivity contribution in [2.24, 2.45) is 5.73 Å². The molecule has 0 amide bonds. The summed E-state index contributed by atoms with van der Waals surface area (Å²) in [6.07, 6.45) is 4.92. The van der Waals surface area contributed by atoms with E-state index >= 15 is 0 Å². The first-order valence-corrected chi connectivity index (χ1v) is 6.00. The molecule has 2 N–H and O–H groups in total. The molecule has 1 heteroatoms. The monoisotopic (exact) mass is 203 g/mol. The van der Waals surface area contributed by atoms with E-state index in [1.807, 2.05) is 0 Å². The molecule has 1 nitrogen and oxygen atoms in total. The summed E-state index contributed by atoms with van der Waals surface area (Å²) in [5.74, 6) is 0.754. The van der Waals surface area contributed by atoms with Gasteiger partial charge in [0.05, 0.1) is 0 Å². The fourth-order valence-corrected chi connectivity index (χ4v) is 2.65. The van der Waals surface area contributed by atoms with Crippen LogP contribution in [0.1, 0.15) is 48.3 Å². The van der Waals surface area contributed by atoms with Crippen molar-refractivity contribution in [1.29, 1.82) is 0 Å². The molecule has 0 aliphatic heterocycles. The predicted octanol–water partition coefficient (Wildman–Crippen LogP) is 3.29. The lowest BCUT2D eigenvalue weighted by Gasteiger charge is -2.27. The molecule has 0 bridgehead atoms. The molecule has 0 aromatic heterocycles. The van der Waals surface area contributed by atoms with Crippen molar-refractivity contribution in [2.45, 2.75) is 51.5 Å². The fourth-order valence-electron chi connectivity index (χ4n) is 2.65. The Morgan fingerprint density at radius 2 is 1.73 bits per heavy atom. The Morgan fingerprint density at radius 1 is 1.07 bits per heavy atom. The van der Waals surface area contributed by atoms with Crippen molar-refractivity contribution in [3.8, 4) is 0 Å². The normalized spacial score (nSPS) is 26.6. The highest BCUT2D eigenvalue weighted by Crippen LogP contribution is 2.34. The van der Waals surface area contributed by atoms with E-state index in [2.05, 4.69) is 32.0 Å². The summed E-state index contributed by atoms with van der Waals surface area (Å²) in [5, 5.41) is 0. The second-order valence-electron chi connectivity index (χ2n) is 4.90. The minimum Gasteiger partial charge on any atom is -0.328 e.